The highest BCUT2D eigenvalue weighted by Gasteiger charge is 2.57. The molecule has 0 spiro atoms. The number of rotatable bonds is 5. The highest BCUT2D eigenvalue weighted by molar-refractivity contribution is 9.10. The molecule has 2 amide bonds. The molecule has 39 heavy (non-hydrogen) atoms. The van der Waals surface area contributed by atoms with Gasteiger partial charge in [0.05, 0.1) is 11.3 Å². The van der Waals surface area contributed by atoms with E-state index in [4.69, 9.17) is 14.6 Å². The van der Waals surface area contributed by atoms with Gasteiger partial charge in [0.2, 0.25) is 0 Å². The van der Waals surface area contributed by atoms with Crippen molar-refractivity contribution < 1.29 is 24.3 Å². The van der Waals surface area contributed by atoms with Gasteiger partial charge in [-0.05, 0) is 45.0 Å². The first-order chi connectivity index (χ1) is 18.6. The first-order valence-corrected chi connectivity index (χ1v) is 13.5. The van der Waals surface area contributed by atoms with Crippen LogP contribution in [-0.4, -0.2) is 69.8 Å². The molecule has 1 unspecified atom stereocenters. The number of piperidine rings is 1. The first kappa shape index (κ1) is 25.4. The van der Waals surface area contributed by atoms with Crippen LogP contribution in [0, 0.1) is 11.8 Å². The van der Waals surface area contributed by atoms with Crippen molar-refractivity contribution in [3.63, 3.8) is 0 Å². The summed E-state index contributed by atoms with van der Waals surface area (Å²) in [5, 5.41) is 18.8. The highest BCUT2D eigenvalue weighted by Crippen LogP contribution is 2.45. The number of ether oxygens (including phenoxy) is 1. The molecule has 10 nitrogen and oxygen atoms in total. The zero-order chi connectivity index (χ0) is 27.5. The molecule has 3 heterocycles. The molecule has 1 aromatic heterocycles. The van der Waals surface area contributed by atoms with E-state index in [0.717, 1.165) is 20.9 Å². The van der Waals surface area contributed by atoms with E-state index in [1.807, 2.05) is 63.2 Å². The van der Waals surface area contributed by atoms with Gasteiger partial charge in [-0.2, -0.15) is 0 Å². The van der Waals surface area contributed by atoms with Crippen LogP contribution in [0.4, 0.5) is 10.5 Å². The number of nitrogens with one attached hydrogen (secondary N) is 2. The SMILES string of the molecule is CC(C)(C)OC(=O)NC1[C@H]2CN(C(=O)CON=C3C(c4c(O)[nH]c5ccc(Br)cc45)=Nc4ccccc43)C[C@@H]12. The molecule has 1 saturated heterocycles. The molecule has 0 radical (unpaired) electrons. The third-order valence-corrected chi connectivity index (χ3v) is 7.66. The van der Waals surface area contributed by atoms with E-state index in [2.05, 4.69) is 31.4 Å². The second kappa shape index (κ2) is 9.41. The Labute approximate surface area is 233 Å². The third kappa shape index (κ3) is 4.87. The quantitative estimate of drug-likeness (QED) is 0.376. The molecule has 2 aromatic carbocycles. The molecule has 3 N–H and O–H groups in total. The largest absolute Gasteiger partial charge is 0.494 e. The lowest BCUT2D eigenvalue weighted by Gasteiger charge is -2.22. The number of aromatic hydroxyl groups is 1. The number of amides is 2. The number of fused-ring (bicyclic) bond motifs is 3. The summed E-state index contributed by atoms with van der Waals surface area (Å²) >= 11 is 3.49. The number of hydrogen-bond donors (Lipinski definition) is 3. The molecule has 2 aliphatic heterocycles. The van der Waals surface area contributed by atoms with Gasteiger partial charge in [-0.3, -0.25) is 4.79 Å². The molecule has 0 bridgehead atoms. The van der Waals surface area contributed by atoms with Crippen molar-refractivity contribution in [3.05, 3.63) is 58.1 Å². The van der Waals surface area contributed by atoms with Gasteiger partial charge in [-0.25, -0.2) is 9.79 Å². The van der Waals surface area contributed by atoms with Crippen molar-refractivity contribution in [2.24, 2.45) is 22.0 Å². The number of aromatic amines is 1. The fourth-order valence-electron chi connectivity index (χ4n) is 5.36. The summed E-state index contributed by atoms with van der Waals surface area (Å²) in [5.41, 5.74) is 3.08. The summed E-state index contributed by atoms with van der Waals surface area (Å²) in [5.74, 6) is 0.241. The second-order valence-electron chi connectivity index (χ2n) is 11.0. The lowest BCUT2D eigenvalue weighted by molar-refractivity contribution is -0.135. The van der Waals surface area contributed by atoms with Gasteiger partial charge in [0.25, 0.3) is 5.91 Å². The summed E-state index contributed by atoms with van der Waals surface area (Å²) in [6.07, 6.45) is -0.429. The van der Waals surface area contributed by atoms with Gasteiger partial charge in [0.15, 0.2) is 12.5 Å². The van der Waals surface area contributed by atoms with E-state index in [1.165, 1.54) is 0 Å². The van der Waals surface area contributed by atoms with E-state index >= 15 is 0 Å². The van der Waals surface area contributed by atoms with Crippen molar-refractivity contribution in [1.29, 1.82) is 0 Å². The Morgan fingerprint density at radius 1 is 1.21 bits per heavy atom. The number of oxime groups is 1. The predicted molar refractivity (Wildman–Crippen MR) is 150 cm³/mol. The van der Waals surface area contributed by atoms with E-state index in [1.54, 1.807) is 4.90 Å². The van der Waals surface area contributed by atoms with Gasteiger partial charge in [0, 0.05) is 51.9 Å². The average Bonchev–Trinajstić information content (AvgIpc) is 3.22. The maximum atomic E-state index is 12.9. The van der Waals surface area contributed by atoms with Gasteiger partial charge in [-0.1, -0.05) is 39.3 Å². The van der Waals surface area contributed by atoms with Crippen LogP contribution in [0.25, 0.3) is 10.9 Å². The molecule has 202 valence electrons. The van der Waals surface area contributed by atoms with Crippen molar-refractivity contribution in [2.75, 3.05) is 19.7 Å². The maximum Gasteiger partial charge on any atom is 0.407 e. The predicted octanol–water partition coefficient (Wildman–Crippen LogP) is 4.47. The number of halogens is 1. The van der Waals surface area contributed by atoms with Crippen molar-refractivity contribution >= 4 is 55.9 Å². The molecule has 1 saturated carbocycles. The van der Waals surface area contributed by atoms with Crippen LogP contribution in [0.2, 0.25) is 0 Å². The number of carbonyl (C=O) groups is 2. The fraction of sp³-hybridized carbons (Fsp3) is 0.357. The highest BCUT2D eigenvalue weighted by atomic mass is 79.9. The standard InChI is InChI=1S/C28H28BrN5O5/c1-28(2,3)39-27(37)32-23-17-11-34(12-18(17)23)21(35)13-38-33-24-15-6-4-5-7-19(15)30-25(24)22-16-10-14(29)8-9-20(16)31-26(22)36/h4-10,17-18,23,31,36H,11-13H2,1-3H3,(H,32,37)/t17-,18+,23?. The van der Waals surface area contributed by atoms with E-state index in [9.17, 15) is 14.7 Å². The van der Waals surface area contributed by atoms with E-state index in [0.29, 0.717) is 35.8 Å². The number of nitrogens with zero attached hydrogens (tertiary/aromatic N) is 3. The third-order valence-electron chi connectivity index (χ3n) is 7.17. The smallest absolute Gasteiger partial charge is 0.407 e. The molecular weight excluding hydrogens is 566 g/mol. The minimum atomic E-state index is -0.552. The van der Waals surface area contributed by atoms with Gasteiger partial charge in [-0.15, -0.1) is 0 Å². The molecule has 6 rings (SSSR count). The lowest BCUT2D eigenvalue weighted by Crippen LogP contribution is -2.40. The molecular formula is C28H28BrN5O5. The topological polar surface area (TPSA) is 129 Å². The number of H-pyrrole nitrogens is 1. The number of para-hydroxylation sites is 1. The normalized spacial score (nSPS) is 22.5. The number of likely N-dealkylation sites (tertiary alicyclic amines) is 1. The van der Waals surface area contributed by atoms with Crippen molar-refractivity contribution in [3.8, 4) is 5.88 Å². The minimum absolute atomic E-state index is 0.0238. The summed E-state index contributed by atoms with van der Waals surface area (Å²) in [7, 11) is 0. The van der Waals surface area contributed by atoms with Gasteiger partial charge in [0.1, 0.15) is 17.0 Å². The van der Waals surface area contributed by atoms with Crippen LogP contribution in [0.5, 0.6) is 5.88 Å². The molecule has 3 atom stereocenters. The Morgan fingerprint density at radius 3 is 2.69 bits per heavy atom. The first-order valence-electron chi connectivity index (χ1n) is 12.8. The maximum absolute atomic E-state index is 12.9. The minimum Gasteiger partial charge on any atom is -0.494 e. The van der Waals surface area contributed by atoms with E-state index in [-0.39, 0.29) is 36.3 Å². The second-order valence-corrected chi connectivity index (χ2v) is 11.9. The Balaban J connectivity index is 1.13. The summed E-state index contributed by atoms with van der Waals surface area (Å²) < 4.78 is 6.19. The summed E-state index contributed by atoms with van der Waals surface area (Å²) in [6.45, 7) is 6.35. The van der Waals surface area contributed by atoms with Crippen LogP contribution in [0.1, 0.15) is 31.9 Å². The number of hydrogen-bond acceptors (Lipinski definition) is 7. The fourth-order valence-corrected chi connectivity index (χ4v) is 5.72. The average molecular weight is 594 g/mol. The Kier molecular flexibility index (Phi) is 6.13. The molecule has 3 aromatic rings. The molecule has 11 heteroatoms. The van der Waals surface area contributed by atoms with Crippen molar-refractivity contribution in [2.45, 2.75) is 32.4 Å². The summed E-state index contributed by atoms with van der Waals surface area (Å²) in [4.78, 5) is 39.9. The number of aliphatic imine (C=N–C) groups is 1. The van der Waals surface area contributed by atoms with E-state index < -0.39 is 11.7 Å². The van der Waals surface area contributed by atoms with Crippen LogP contribution >= 0.6 is 15.9 Å². The number of aromatic nitrogens is 1. The van der Waals surface area contributed by atoms with Crippen LogP contribution in [0.3, 0.4) is 0 Å². The summed E-state index contributed by atoms with van der Waals surface area (Å²) in [6, 6.07) is 13.2. The van der Waals surface area contributed by atoms with Crippen LogP contribution in [-0.2, 0) is 14.4 Å². The van der Waals surface area contributed by atoms with Gasteiger partial charge >= 0.3 is 6.09 Å². The monoisotopic (exact) mass is 593 g/mol. The Morgan fingerprint density at radius 2 is 1.95 bits per heavy atom. The Hall–Kier alpha value is -3.86. The lowest BCUT2D eigenvalue weighted by atomic mass is 10.0. The zero-order valence-electron chi connectivity index (χ0n) is 21.7. The van der Waals surface area contributed by atoms with Gasteiger partial charge < -0.3 is 29.9 Å². The molecule has 1 aliphatic carbocycles. The zero-order valence-corrected chi connectivity index (χ0v) is 23.3. The van der Waals surface area contributed by atoms with Crippen LogP contribution < -0.4 is 5.32 Å². The molecule has 2 fully saturated rings. The number of benzene rings is 2. The van der Waals surface area contributed by atoms with Crippen molar-refractivity contribution in [1.82, 2.24) is 15.2 Å². The van der Waals surface area contributed by atoms with Crippen LogP contribution in [0.15, 0.2) is 57.1 Å². The molecule has 3 aliphatic rings. The Bertz CT molecular complexity index is 1540. The number of carbonyl (C=O) groups excluding carboxylic acids is 2. The number of alkyl carbamates (subject to hydrolysis) is 1.